The van der Waals surface area contributed by atoms with Gasteiger partial charge in [0.05, 0.1) is 32.0 Å². The lowest BCUT2D eigenvalue weighted by atomic mass is 10.1. The minimum atomic E-state index is -0.630. The lowest BCUT2D eigenvalue weighted by molar-refractivity contribution is -0.121. The predicted molar refractivity (Wildman–Crippen MR) is 99.9 cm³/mol. The third-order valence-corrected chi connectivity index (χ3v) is 4.50. The topological polar surface area (TPSA) is 67.9 Å². The monoisotopic (exact) mass is 354 g/mol. The number of hydrogen-bond acceptors (Lipinski definition) is 5. The van der Waals surface area contributed by atoms with Crippen molar-refractivity contribution in [1.82, 2.24) is 0 Å². The number of aryl methyl sites for hydroxylation is 1. The van der Waals surface area contributed by atoms with Gasteiger partial charge in [-0.2, -0.15) is 0 Å². The number of anilines is 2. The fourth-order valence-corrected chi connectivity index (χ4v) is 3.13. The molecule has 1 N–H and O–H groups in total. The van der Waals surface area contributed by atoms with E-state index in [1.54, 1.807) is 32.4 Å². The molecular weight excluding hydrogens is 332 g/mol. The first-order chi connectivity index (χ1) is 12.6. The van der Waals surface area contributed by atoms with E-state index < -0.39 is 6.04 Å². The molecule has 0 radical (unpaired) electrons. The number of benzene rings is 2. The largest absolute Gasteiger partial charge is 0.497 e. The predicted octanol–water partition coefficient (Wildman–Crippen LogP) is 3.01. The van der Waals surface area contributed by atoms with Gasteiger partial charge in [-0.15, -0.1) is 0 Å². The van der Waals surface area contributed by atoms with Crippen LogP contribution in [-0.2, 0) is 16.0 Å². The van der Waals surface area contributed by atoms with Gasteiger partial charge in [0.2, 0.25) is 5.91 Å². The zero-order valence-corrected chi connectivity index (χ0v) is 15.1. The van der Waals surface area contributed by atoms with Crippen molar-refractivity contribution in [2.75, 3.05) is 24.4 Å². The number of carbonyl (C=O) groups excluding carboxylic acids is 2. The van der Waals surface area contributed by atoms with E-state index in [4.69, 9.17) is 9.47 Å². The van der Waals surface area contributed by atoms with Crippen molar-refractivity contribution in [3.05, 3.63) is 48.0 Å². The Morgan fingerprint density at radius 3 is 2.58 bits per heavy atom. The summed E-state index contributed by atoms with van der Waals surface area (Å²) in [5.41, 5.74) is 2.28. The number of hydrogen-bond donors (Lipinski definition) is 1. The van der Waals surface area contributed by atoms with Crippen LogP contribution in [0.3, 0.4) is 0 Å². The molecule has 1 saturated heterocycles. The van der Waals surface area contributed by atoms with Gasteiger partial charge in [-0.25, -0.2) is 4.90 Å². The second kappa shape index (κ2) is 7.47. The van der Waals surface area contributed by atoms with Crippen LogP contribution in [0.4, 0.5) is 11.4 Å². The van der Waals surface area contributed by atoms with E-state index in [9.17, 15) is 9.59 Å². The van der Waals surface area contributed by atoms with E-state index in [2.05, 4.69) is 5.32 Å². The molecule has 0 bridgehead atoms. The third kappa shape index (κ3) is 3.22. The Morgan fingerprint density at radius 2 is 1.88 bits per heavy atom. The molecule has 0 spiro atoms. The SMILES string of the molecule is CCc1ccccc1N1C(=O)C[C@@H](Nc2ccc(OC)cc2OC)C1=O. The van der Waals surface area contributed by atoms with Gasteiger partial charge in [0.25, 0.3) is 5.91 Å². The van der Waals surface area contributed by atoms with Crippen molar-refractivity contribution in [3.8, 4) is 11.5 Å². The van der Waals surface area contributed by atoms with Crippen molar-refractivity contribution >= 4 is 23.2 Å². The molecule has 2 amide bonds. The third-order valence-electron chi connectivity index (χ3n) is 4.50. The summed E-state index contributed by atoms with van der Waals surface area (Å²) in [6.45, 7) is 2.00. The van der Waals surface area contributed by atoms with Crippen LogP contribution in [0.2, 0.25) is 0 Å². The molecule has 26 heavy (non-hydrogen) atoms. The summed E-state index contributed by atoms with van der Waals surface area (Å²) in [6.07, 6.45) is 0.851. The van der Waals surface area contributed by atoms with E-state index in [0.717, 1.165) is 12.0 Å². The van der Waals surface area contributed by atoms with Crippen LogP contribution in [0.1, 0.15) is 18.9 Å². The van der Waals surface area contributed by atoms with Crippen molar-refractivity contribution in [3.63, 3.8) is 0 Å². The van der Waals surface area contributed by atoms with E-state index in [1.807, 2.05) is 31.2 Å². The molecule has 1 fully saturated rings. The highest BCUT2D eigenvalue weighted by Crippen LogP contribution is 2.33. The van der Waals surface area contributed by atoms with Crippen LogP contribution >= 0.6 is 0 Å². The standard InChI is InChI=1S/C20H22N2O4/c1-4-13-7-5-6-8-17(13)22-19(23)12-16(20(22)24)21-15-10-9-14(25-2)11-18(15)26-3/h5-11,16,21H,4,12H2,1-3H3/t16-/m1/s1. The van der Waals surface area contributed by atoms with Crippen molar-refractivity contribution in [2.24, 2.45) is 0 Å². The number of carbonyl (C=O) groups is 2. The summed E-state index contributed by atoms with van der Waals surface area (Å²) in [6, 6.07) is 12.1. The first kappa shape index (κ1) is 17.8. The average molecular weight is 354 g/mol. The smallest absolute Gasteiger partial charge is 0.256 e. The molecule has 136 valence electrons. The number of nitrogens with zero attached hydrogens (tertiary/aromatic N) is 1. The Labute approximate surface area is 152 Å². The Kier molecular flexibility index (Phi) is 5.11. The van der Waals surface area contributed by atoms with Crippen molar-refractivity contribution in [2.45, 2.75) is 25.8 Å². The normalized spacial score (nSPS) is 16.7. The molecule has 1 atom stereocenters. The zero-order chi connectivity index (χ0) is 18.7. The Morgan fingerprint density at radius 1 is 1.12 bits per heavy atom. The number of ether oxygens (including phenoxy) is 2. The van der Waals surface area contributed by atoms with E-state index >= 15 is 0 Å². The van der Waals surface area contributed by atoms with Crippen LogP contribution in [0.5, 0.6) is 11.5 Å². The number of para-hydroxylation sites is 1. The highest BCUT2D eigenvalue weighted by Gasteiger charge is 2.40. The Hall–Kier alpha value is -3.02. The van der Waals surface area contributed by atoms with Crippen LogP contribution in [-0.4, -0.2) is 32.1 Å². The van der Waals surface area contributed by atoms with Crippen LogP contribution in [0.25, 0.3) is 0 Å². The highest BCUT2D eigenvalue weighted by molar-refractivity contribution is 6.23. The average Bonchev–Trinajstić information content (AvgIpc) is 2.95. The second-order valence-corrected chi connectivity index (χ2v) is 6.02. The van der Waals surface area contributed by atoms with Crippen LogP contribution in [0.15, 0.2) is 42.5 Å². The van der Waals surface area contributed by atoms with Gasteiger partial charge < -0.3 is 14.8 Å². The van der Waals surface area contributed by atoms with Gasteiger partial charge >= 0.3 is 0 Å². The first-order valence-electron chi connectivity index (χ1n) is 8.52. The van der Waals surface area contributed by atoms with Gasteiger partial charge in [0, 0.05) is 6.07 Å². The summed E-state index contributed by atoms with van der Waals surface area (Å²) in [7, 11) is 3.12. The van der Waals surface area contributed by atoms with E-state index in [-0.39, 0.29) is 18.2 Å². The van der Waals surface area contributed by atoms with Gasteiger partial charge in [-0.1, -0.05) is 25.1 Å². The fourth-order valence-electron chi connectivity index (χ4n) is 3.13. The van der Waals surface area contributed by atoms with Gasteiger partial charge in [-0.05, 0) is 30.2 Å². The molecule has 6 nitrogen and oxygen atoms in total. The summed E-state index contributed by atoms with van der Waals surface area (Å²) >= 11 is 0. The Bertz CT molecular complexity index is 834. The highest BCUT2D eigenvalue weighted by atomic mass is 16.5. The summed E-state index contributed by atoms with van der Waals surface area (Å²) in [5, 5.41) is 3.14. The van der Waals surface area contributed by atoms with Crippen LogP contribution < -0.4 is 19.7 Å². The molecular formula is C20H22N2O4. The maximum atomic E-state index is 12.9. The summed E-state index contributed by atoms with van der Waals surface area (Å²) < 4.78 is 10.5. The maximum Gasteiger partial charge on any atom is 0.256 e. The van der Waals surface area contributed by atoms with Crippen LogP contribution in [0, 0.1) is 0 Å². The number of imide groups is 1. The zero-order valence-electron chi connectivity index (χ0n) is 15.1. The molecule has 0 aliphatic carbocycles. The minimum absolute atomic E-state index is 0.103. The second-order valence-electron chi connectivity index (χ2n) is 6.02. The van der Waals surface area contributed by atoms with Gasteiger partial charge in [-0.3, -0.25) is 9.59 Å². The van der Waals surface area contributed by atoms with E-state index in [0.29, 0.717) is 22.9 Å². The van der Waals surface area contributed by atoms with Crippen molar-refractivity contribution in [1.29, 1.82) is 0 Å². The molecule has 1 aliphatic heterocycles. The molecule has 3 rings (SSSR count). The lowest BCUT2D eigenvalue weighted by Crippen LogP contribution is -2.35. The fraction of sp³-hybridized carbons (Fsp3) is 0.300. The number of amides is 2. The molecule has 6 heteroatoms. The van der Waals surface area contributed by atoms with Crippen molar-refractivity contribution < 1.29 is 19.1 Å². The minimum Gasteiger partial charge on any atom is -0.497 e. The lowest BCUT2D eigenvalue weighted by Gasteiger charge is -2.19. The molecule has 2 aromatic carbocycles. The quantitative estimate of drug-likeness (QED) is 0.808. The molecule has 1 aliphatic rings. The molecule has 0 unspecified atom stereocenters. The number of methoxy groups -OCH3 is 2. The van der Waals surface area contributed by atoms with Gasteiger partial charge in [0.1, 0.15) is 17.5 Å². The summed E-state index contributed by atoms with van der Waals surface area (Å²) in [5.74, 6) is 0.742. The van der Waals surface area contributed by atoms with Gasteiger partial charge in [0.15, 0.2) is 0 Å². The first-order valence-corrected chi connectivity index (χ1v) is 8.52. The Balaban J connectivity index is 1.86. The molecule has 0 saturated carbocycles. The number of rotatable bonds is 6. The van der Waals surface area contributed by atoms with E-state index in [1.165, 1.54) is 4.90 Å². The molecule has 1 heterocycles. The molecule has 0 aromatic heterocycles. The maximum absolute atomic E-state index is 12.9. The summed E-state index contributed by atoms with van der Waals surface area (Å²) in [4.78, 5) is 26.7. The molecule has 2 aromatic rings. The number of nitrogens with one attached hydrogen (secondary N) is 1.